The zero-order valence-electron chi connectivity index (χ0n) is 19.2. The monoisotopic (exact) mass is 443 g/mol. The Kier molecular flexibility index (Phi) is 7.05. The Hall–Kier alpha value is -3.64. The second-order valence-corrected chi connectivity index (χ2v) is 7.93. The molecular formula is C27H29N3O3. The van der Waals surface area contributed by atoms with Crippen LogP contribution in [0.3, 0.4) is 0 Å². The van der Waals surface area contributed by atoms with E-state index in [1.807, 2.05) is 43.3 Å². The van der Waals surface area contributed by atoms with Gasteiger partial charge in [-0.1, -0.05) is 49.4 Å². The normalized spacial score (nSPS) is 15.2. The number of methoxy groups -OCH3 is 2. The number of rotatable bonds is 9. The highest BCUT2D eigenvalue weighted by atomic mass is 16.5. The third-order valence-electron chi connectivity index (χ3n) is 5.79. The van der Waals surface area contributed by atoms with E-state index in [1.165, 1.54) is 11.1 Å². The fourth-order valence-corrected chi connectivity index (χ4v) is 4.07. The number of hydrogen-bond acceptors (Lipinski definition) is 5. The molecule has 0 saturated carbocycles. The summed E-state index contributed by atoms with van der Waals surface area (Å²) in [5.41, 5.74) is 5.69. The van der Waals surface area contributed by atoms with Gasteiger partial charge < -0.3 is 20.1 Å². The quantitative estimate of drug-likeness (QED) is 0.445. The number of fused-ring (bicyclic) bond motifs is 1. The van der Waals surface area contributed by atoms with Crippen LogP contribution in [0, 0.1) is 0 Å². The van der Waals surface area contributed by atoms with Crippen LogP contribution in [0.5, 0.6) is 11.5 Å². The van der Waals surface area contributed by atoms with Crippen LogP contribution in [-0.4, -0.2) is 25.8 Å². The lowest BCUT2D eigenvalue weighted by molar-refractivity contribution is -0.115. The molecule has 1 unspecified atom stereocenters. The first kappa shape index (κ1) is 22.6. The molecule has 4 rings (SSSR count). The summed E-state index contributed by atoms with van der Waals surface area (Å²) in [7, 11) is 3.17. The Labute approximate surface area is 194 Å². The molecule has 1 aliphatic rings. The minimum Gasteiger partial charge on any atom is -0.493 e. The molecule has 1 aliphatic heterocycles. The van der Waals surface area contributed by atoms with E-state index in [4.69, 9.17) is 14.5 Å². The molecule has 1 amide bonds. The van der Waals surface area contributed by atoms with Gasteiger partial charge in [-0.25, -0.2) is 0 Å². The predicted molar refractivity (Wildman–Crippen MR) is 132 cm³/mol. The number of carbonyl (C=O) groups excluding carboxylic acids is 1. The van der Waals surface area contributed by atoms with Gasteiger partial charge in [0.1, 0.15) is 5.92 Å². The van der Waals surface area contributed by atoms with Crippen LogP contribution in [0.4, 0.5) is 11.4 Å². The summed E-state index contributed by atoms with van der Waals surface area (Å²) in [6.45, 7) is 3.62. The van der Waals surface area contributed by atoms with Crippen molar-refractivity contribution in [2.24, 2.45) is 4.99 Å². The van der Waals surface area contributed by atoms with Crippen LogP contribution in [0.25, 0.3) is 0 Å². The van der Waals surface area contributed by atoms with Crippen LogP contribution >= 0.6 is 0 Å². The Morgan fingerprint density at radius 1 is 0.939 bits per heavy atom. The second-order valence-electron chi connectivity index (χ2n) is 7.93. The molecule has 0 bridgehead atoms. The lowest BCUT2D eigenvalue weighted by Crippen LogP contribution is -2.20. The molecule has 2 N–H and O–H groups in total. The van der Waals surface area contributed by atoms with E-state index in [-0.39, 0.29) is 5.91 Å². The maximum Gasteiger partial charge on any atom is 0.237 e. The van der Waals surface area contributed by atoms with E-state index in [0.29, 0.717) is 17.9 Å². The van der Waals surface area contributed by atoms with Gasteiger partial charge in [0.2, 0.25) is 5.91 Å². The number of nitrogens with zero attached hydrogens (tertiary/aromatic N) is 1. The van der Waals surface area contributed by atoms with Gasteiger partial charge in [-0.2, -0.15) is 0 Å². The molecule has 0 aromatic heterocycles. The van der Waals surface area contributed by atoms with E-state index in [1.54, 1.807) is 20.3 Å². The molecule has 6 nitrogen and oxygen atoms in total. The summed E-state index contributed by atoms with van der Waals surface area (Å²) in [4.78, 5) is 17.7. The number of hydrogen-bond donors (Lipinski definition) is 2. The fraction of sp³-hybridized carbons (Fsp3) is 0.259. The maximum atomic E-state index is 12.8. The molecule has 6 heteroatoms. The smallest absolute Gasteiger partial charge is 0.237 e. The summed E-state index contributed by atoms with van der Waals surface area (Å²) >= 11 is 0. The van der Waals surface area contributed by atoms with E-state index < -0.39 is 5.92 Å². The van der Waals surface area contributed by atoms with Crippen LogP contribution in [-0.2, 0) is 17.9 Å². The van der Waals surface area contributed by atoms with Gasteiger partial charge in [0.05, 0.1) is 19.9 Å². The lowest BCUT2D eigenvalue weighted by Gasteiger charge is -2.14. The van der Waals surface area contributed by atoms with Crippen molar-refractivity contribution in [3.05, 3.63) is 83.4 Å². The van der Waals surface area contributed by atoms with E-state index in [0.717, 1.165) is 35.7 Å². The van der Waals surface area contributed by atoms with Crippen molar-refractivity contribution in [1.29, 1.82) is 0 Å². The highest BCUT2D eigenvalue weighted by molar-refractivity contribution is 6.19. The van der Waals surface area contributed by atoms with Crippen molar-refractivity contribution in [1.82, 2.24) is 5.32 Å². The number of ether oxygens (including phenoxy) is 2. The Morgan fingerprint density at radius 2 is 1.58 bits per heavy atom. The Balaban J connectivity index is 1.49. The minimum absolute atomic E-state index is 0.0809. The van der Waals surface area contributed by atoms with Crippen LogP contribution < -0.4 is 20.1 Å². The third-order valence-corrected chi connectivity index (χ3v) is 5.79. The van der Waals surface area contributed by atoms with Gasteiger partial charge in [0.25, 0.3) is 0 Å². The van der Waals surface area contributed by atoms with Gasteiger partial charge >= 0.3 is 0 Å². The molecule has 3 aromatic rings. The van der Waals surface area contributed by atoms with Crippen molar-refractivity contribution < 1.29 is 14.3 Å². The van der Waals surface area contributed by atoms with Gasteiger partial charge in [-0.3, -0.25) is 9.79 Å². The molecule has 0 saturated heterocycles. The summed E-state index contributed by atoms with van der Waals surface area (Å²) in [6.07, 6.45) is 0.659. The number of carbonyl (C=O) groups is 1. The van der Waals surface area contributed by atoms with Crippen molar-refractivity contribution in [2.45, 2.75) is 32.4 Å². The Morgan fingerprint density at radius 3 is 2.21 bits per heavy atom. The molecule has 0 aliphatic carbocycles. The molecule has 1 atom stereocenters. The largest absolute Gasteiger partial charge is 0.493 e. The van der Waals surface area contributed by atoms with Crippen LogP contribution in [0.15, 0.2) is 71.7 Å². The fourth-order valence-electron chi connectivity index (χ4n) is 4.07. The second kappa shape index (κ2) is 10.3. The van der Waals surface area contributed by atoms with Crippen LogP contribution in [0.2, 0.25) is 0 Å². The van der Waals surface area contributed by atoms with Gasteiger partial charge in [-0.05, 0) is 41.3 Å². The van der Waals surface area contributed by atoms with Gasteiger partial charge in [-0.15, -0.1) is 0 Å². The van der Waals surface area contributed by atoms with Crippen LogP contribution in [0.1, 0.15) is 36.0 Å². The number of amides is 1. The van der Waals surface area contributed by atoms with E-state index in [2.05, 4.69) is 34.9 Å². The number of aliphatic imine (C=N–C) groups is 1. The molecule has 170 valence electrons. The van der Waals surface area contributed by atoms with E-state index >= 15 is 0 Å². The Bertz CT molecular complexity index is 1140. The van der Waals surface area contributed by atoms with Crippen molar-refractivity contribution in [3.63, 3.8) is 0 Å². The van der Waals surface area contributed by atoms with Gasteiger partial charge in [0, 0.05) is 30.6 Å². The molecule has 0 spiro atoms. The standard InChI is InChI=1S/C27H29N3O3/c1-4-22(26-21-14-24(32-2)25(33-3)15-23(21)30-27(26)31)29-20-12-10-19(11-13-20)17-28-16-18-8-6-5-7-9-18/h5-15,26,28H,4,16-17H2,1-3H3,(H,30,31). The highest BCUT2D eigenvalue weighted by Crippen LogP contribution is 2.42. The molecule has 0 radical (unpaired) electrons. The molecular weight excluding hydrogens is 414 g/mol. The number of nitrogens with one attached hydrogen (secondary N) is 2. The van der Waals surface area contributed by atoms with Crippen molar-refractivity contribution >= 4 is 23.0 Å². The predicted octanol–water partition coefficient (Wildman–Crippen LogP) is 5.21. The van der Waals surface area contributed by atoms with Crippen molar-refractivity contribution in [3.8, 4) is 11.5 Å². The summed E-state index contributed by atoms with van der Waals surface area (Å²) in [5, 5.41) is 6.42. The highest BCUT2D eigenvalue weighted by Gasteiger charge is 2.35. The van der Waals surface area contributed by atoms with Gasteiger partial charge in [0.15, 0.2) is 11.5 Å². The first-order valence-electron chi connectivity index (χ1n) is 11.1. The minimum atomic E-state index is -0.447. The third kappa shape index (κ3) is 5.07. The maximum absolute atomic E-state index is 12.8. The van der Waals surface area contributed by atoms with E-state index in [9.17, 15) is 4.79 Å². The number of benzene rings is 3. The first-order chi connectivity index (χ1) is 16.1. The lowest BCUT2D eigenvalue weighted by atomic mass is 9.93. The van der Waals surface area contributed by atoms with Crippen molar-refractivity contribution in [2.75, 3.05) is 19.5 Å². The SMILES string of the molecule is CCC(=Nc1ccc(CNCc2ccccc2)cc1)C1C(=O)Nc2cc(OC)c(OC)cc21. The molecule has 3 aromatic carbocycles. The average molecular weight is 444 g/mol. The zero-order chi connectivity index (χ0) is 23.2. The summed E-state index contributed by atoms with van der Waals surface area (Å²) in [6, 6.07) is 22.1. The molecule has 1 heterocycles. The molecule has 0 fully saturated rings. The first-order valence-corrected chi connectivity index (χ1v) is 11.1. The summed E-state index contributed by atoms with van der Waals surface area (Å²) in [5.74, 6) is 0.656. The number of anilines is 1. The topological polar surface area (TPSA) is 72.0 Å². The average Bonchev–Trinajstić information content (AvgIpc) is 3.17. The zero-order valence-corrected chi connectivity index (χ0v) is 19.2. The molecule has 33 heavy (non-hydrogen) atoms. The summed E-state index contributed by atoms with van der Waals surface area (Å²) < 4.78 is 10.8.